The molecule has 0 unspecified atom stereocenters. The van der Waals surface area contributed by atoms with Gasteiger partial charge >= 0.3 is 18.1 Å². The number of hydrogen-bond donors (Lipinski definition) is 2. The van der Waals surface area contributed by atoms with Gasteiger partial charge < -0.3 is 14.7 Å². The molecule has 0 radical (unpaired) electrons. The number of sulfonamides is 1. The Morgan fingerprint density at radius 3 is 2.41 bits per heavy atom. The lowest BCUT2D eigenvalue weighted by atomic mass is 10.1. The molecule has 2 heterocycles. The minimum Gasteiger partial charge on any atom is -0.480 e. The number of carboxylic acids is 2. The normalized spacial score (nSPS) is 20.4. The average Bonchev–Trinajstić information content (AvgIpc) is 3.10. The van der Waals surface area contributed by atoms with Crippen molar-refractivity contribution >= 4 is 33.3 Å². The molecule has 1 saturated carbocycles. The van der Waals surface area contributed by atoms with Gasteiger partial charge in [-0.2, -0.15) is 17.5 Å². The highest BCUT2D eigenvalue weighted by Gasteiger charge is 2.68. The van der Waals surface area contributed by atoms with Crippen molar-refractivity contribution in [2.24, 2.45) is 0 Å². The summed E-state index contributed by atoms with van der Waals surface area (Å²) in [6.45, 7) is -1.12. The monoisotopic (exact) mass is 516 g/mol. The first-order valence-corrected chi connectivity index (χ1v) is 11.8. The van der Waals surface area contributed by atoms with E-state index in [-0.39, 0.29) is 17.0 Å². The summed E-state index contributed by atoms with van der Waals surface area (Å²) in [5.41, 5.74) is -1.77. The van der Waals surface area contributed by atoms with Crippen molar-refractivity contribution < 1.29 is 45.9 Å². The molecule has 1 fully saturated rings. The van der Waals surface area contributed by atoms with Gasteiger partial charge in [-0.1, -0.05) is 35.5 Å². The molecule has 4 rings (SSSR count). The Morgan fingerprint density at radius 2 is 1.85 bits per heavy atom. The van der Waals surface area contributed by atoms with Crippen LogP contribution >= 0.6 is 11.3 Å². The fourth-order valence-corrected chi connectivity index (χ4v) is 6.84. The summed E-state index contributed by atoms with van der Waals surface area (Å²) in [7, 11) is -4.68. The van der Waals surface area contributed by atoms with E-state index < -0.39 is 56.1 Å². The number of aliphatic carboxylic acids is 2. The van der Waals surface area contributed by atoms with E-state index in [1.165, 1.54) is 6.07 Å². The number of halogens is 3. The van der Waals surface area contributed by atoms with Crippen LogP contribution in [0.5, 0.6) is 0 Å². The third-order valence-corrected chi connectivity index (χ3v) is 8.86. The summed E-state index contributed by atoms with van der Waals surface area (Å²) < 4.78 is 69.5. The molecule has 3 aromatic rings. The van der Waals surface area contributed by atoms with E-state index in [4.69, 9.17) is 0 Å². The Labute approximate surface area is 194 Å². The van der Waals surface area contributed by atoms with Gasteiger partial charge in [0.25, 0.3) is 10.0 Å². The maximum absolute atomic E-state index is 13.4. The Hall–Kier alpha value is -3.23. The zero-order valence-corrected chi connectivity index (χ0v) is 18.5. The van der Waals surface area contributed by atoms with Gasteiger partial charge in [-0.25, -0.2) is 8.42 Å². The molecule has 1 aliphatic rings. The third-order valence-electron chi connectivity index (χ3n) is 5.40. The molecule has 0 amide bonds. The number of carboxylic acid groups (broad SMARTS) is 2. The van der Waals surface area contributed by atoms with Crippen molar-refractivity contribution in [2.45, 2.75) is 28.3 Å². The first-order valence-electron chi connectivity index (χ1n) is 9.54. The van der Waals surface area contributed by atoms with Gasteiger partial charge in [-0.15, -0.1) is 11.3 Å². The van der Waals surface area contributed by atoms with Crippen LogP contribution in [0.15, 0.2) is 57.3 Å². The molecule has 34 heavy (non-hydrogen) atoms. The number of nitrogens with zero attached hydrogens (tertiary/aromatic N) is 2. The van der Waals surface area contributed by atoms with Gasteiger partial charge in [-0.3, -0.25) is 9.59 Å². The second-order valence-electron chi connectivity index (χ2n) is 7.50. The average molecular weight is 516 g/mol. The molecule has 9 nitrogen and oxygen atoms in total. The molecular formula is C20H15F3N2O7S2. The molecule has 180 valence electrons. The van der Waals surface area contributed by atoms with E-state index >= 15 is 0 Å². The van der Waals surface area contributed by atoms with E-state index in [1.807, 2.05) is 0 Å². The molecule has 0 aliphatic heterocycles. The summed E-state index contributed by atoms with van der Waals surface area (Å²) in [4.78, 5) is 23.8. The highest BCUT2D eigenvalue weighted by atomic mass is 32.2. The lowest BCUT2D eigenvalue weighted by Gasteiger charge is -2.27. The Morgan fingerprint density at radius 1 is 1.18 bits per heavy atom. The number of thiophene rings is 1. The van der Waals surface area contributed by atoms with Crippen molar-refractivity contribution in [1.29, 1.82) is 0 Å². The fraction of sp³-hybridized carbons (Fsp3) is 0.250. The zero-order valence-electron chi connectivity index (χ0n) is 16.9. The van der Waals surface area contributed by atoms with E-state index in [2.05, 4.69) is 9.68 Å². The highest BCUT2D eigenvalue weighted by Crippen LogP contribution is 2.57. The summed E-state index contributed by atoms with van der Waals surface area (Å²) in [6.07, 6.45) is -4.93. The lowest BCUT2D eigenvalue weighted by molar-refractivity contribution is -0.155. The van der Waals surface area contributed by atoms with E-state index in [9.17, 15) is 41.4 Å². The summed E-state index contributed by atoms with van der Waals surface area (Å²) >= 11 is 0.520. The molecular weight excluding hydrogens is 501 g/mol. The third kappa shape index (κ3) is 4.08. The number of benzene rings is 1. The molecule has 0 bridgehead atoms. The first-order chi connectivity index (χ1) is 15.9. The van der Waals surface area contributed by atoms with Crippen LogP contribution in [0, 0.1) is 0 Å². The number of alkyl halides is 3. The SMILES string of the molecule is O=C(O)CN([C@]1(C(=O)O)C[C@@H]1c1ccccc1)S(=O)(=O)c1ccc(-c2cc(C(F)(F)F)on2)s1. The molecule has 14 heteroatoms. The lowest BCUT2D eigenvalue weighted by Crippen LogP contribution is -2.50. The van der Waals surface area contributed by atoms with Gasteiger partial charge in [0.2, 0.25) is 5.76 Å². The predicted molar refractivity (Wildman–Crippen MR) is 111 cm³/mol. The number of rotatable bonds is 8. The molecule has 2 atom stereocenters. The van der Waals surface area contributed by atoms with Crippen molar-refractivity contribution in [3.63, 3.8) is 0 Å². The van der Waals surface area contributed by atoms with Crippen molar-refractivity contribution in [1.82, 2.24) is 9.46 Å². The van der Waals surface area contributed by atoms with E-state index in [0.29, 0.717) is 27.3 Å². The van der Waals surface area contributed by atoms with Crippen LogP contribution in [0.4, 0.5) is 13.2 Å². The molecule has 0 saturated heterocycles. The Bertz CT molecular complexity index is 1350. The van der Waals surface area contributed by atoms with Crippen LogP contribution in [0.2, 0.25) is 0 Å². The maximum atomic E-state index is 13.4. The highest BCUT2D eigenvalue weighted by molar-refractivity contribution is 7.91. The molecule has 1 aromatic carbocycles. The smallest absolute Gasteiger partial charge is 0.452 e. The fourth-order valence-electron chi connectivity index (χ4n) is 3.74. The second-order valence-corrected chi connectivity index (χ2v) is 10.7. The molecule has 2 aromatic heterocycles. The number of aromatic nitrogens is 1. The van der Waals surface area contributed by atoms with Crippen LogP contribution in [-0.4, -0.2) is 52.1 Å². The van der Waals surface area contributed by atoms with Crippen molar-refractivity contribution in [3.05, 3.63) is 59.9 Å². The minimum absolute atomic E-state index is 0.00730. The van der Waals surface area contributed by atoms with Gasteiger partial charge in [0.15, 0.2) is 0 Å². The number of carbonyl (C=O) groups is 2. The first kappa shape index (κ1) is 23.9. The van der Waals surface area contributed by atoms with Gasteiger partial charge in [-0.05, 0) is 24.1 Å². The zero-order chi connectivity index (χ0) is 24.9. The molecule has 0 spiro atoms. The summed E-state index contributed by atoms with van der Waals surface area (Å²) in [6, 6.07) is 11.1. The minimum atomic E-state index is -4.79. The largest absolute Gasteiger partial charge is 0.480 e. The Balaban J connectivity index is 1.73. The van der Waals surface area contributed by atoms with Gasteiger partial charge in [0, 0.05) is 12.0 Å². The Kier molecular flexibility index (Phi) is 5.78. The van der Waals surface area contributed by atoms with Crippen LogP contribution < -0.4 is 0 Å². The second kappa shape index (κ2) is 8.21. The molecule has 1 aliphatic carbocycles. The van der Waals surface area contributed by atoms with Gasteiger partial charge in [0.05, 0.1) is 4.88 Å². The van der Waals surface area contributed by atoms with E-state index in [0.717, 1.165) is 6.07 Å². The van der Waals surface area contributed by atoms with Crippen LogP contribution in [0.25, 0.3) is 10.6 Å². The summed E-state index contributed by atoms with van der Waals surface area (Å²) in [5, 5.41) is 22.6. The van der Waals surface area contributed by atoms with Crippen LogP contribution in [-0.2, 0) is 25.8 Å². The predicted octanol–water partition coefficient (Wildman–Crippen LogP) is 3.51. The van der Waals surface area contributed by atoms with Crippen molar-refractivity contribution in [2.75, 3.05) is 6.54 Å². The van der Waals surface area contributed by atoms with Crippen LogP contribution in [0.3, 0.4) is 0 Å². The van der Waals surface area contributed by atoms with Gasteiger partial charge in [0.1, 0.15) is 22.0 Å². The van der Waals surface area contributed by atoms with Crippen LogP contribution in [0.1, 0.15) is 23.7 Å². The number of hydrogen-bond acceptors (Lipinski definition) is 7. The maximum Gasteiger partial charge on any atom is 0.452 e. The quantitative estimate of drug-likeness (QED) is 0.464. The van der Waals surface area contributed by atoms with E-state index in [1.54, 1.807) is 30.3 Å². The standard InChI is InChI=1S/C20H15F3N2O7S2/c21-20(22,23)15-8-13(24-32-15)14-6-7-17(33-14)34(30,31)25(10-16(26)27)19(18(28)29)9-12(19)11-4-2-1-3-5-11/h1-8,12H,9-10H2,(H,26,27)(H,28,29)/t12-,19-/m1/s1. The topological polar surface area (TPSA) is 138 Å². The molecule has 2 N–H and O–H groups in total. The summed E-state index contributed by atoms with van der Waals surface area (Å²) in [5.74, 6) is -5.23. The van der Waals surface area contributed by atoms with Crippen molar-refractivity contribution in [3.8, 4) is 10.6 Å².